The van der Waals surface area contributed by atoms with Gasteiger partial charge in [0.15, 0.2) is 11.6 Å². The third kappa shape index (κ3) is 1.69. The summed E-state index contributed by atoms with van der Waals surface area (Å²) in [5.74, 6) is 1.36. The summed E-state index contributed by atoms with van der Waals surface area (Å²) in [6, 6.07) is 0. The number of amides is 1. The topological polar surface area (TPSA) is 72.4 Å². The average molecular weight is 209 g/mol. The third-order valence-electron chi connectivity index (χ3n) is 2.67. The highest BCUT2D eigenvalue weighted by molar-refractivity contribution is 5.78. The smallest absolute Gasteiger partial charge is 0.225 e. The second-order valence-electron chi connectivity index (χ2n) is 4.13. The van der Waals surface area contributed by atoms with Crippen molar-refractivity contribution < 1.29 is 9.32 Å². The van der Waals surface area contributed by atoms with E-state index in [0.29, 0.717) is 18.9 Å². The van der Waals surface area contributed by atoms with E-state index in [1.165, 1.54) is 0 Å². The number of anilines is 1. The summed E-state index contributed by atoms with van der Waals surface area (Å²) in [7, 11) is 0. The van der Waals surface area contributed by atoms with Gasteiger partial charge in [-0.05, 0) is 6.42 Å². The Labute approximate surface area is 88.2 Å². The molecule has 0 radical (unpaired) electrons. The molecule has 1 amide bonds. The maximum atomic E-state index is 11.7. The van der Waals surface area contributed by atoms with Crippen LogP contribution in [0.15, 0.2) is 4.52 Å². The van der Waals surface area contributed by atoms with Gasteiger partial charge < -0.3 is 15.2 Å². The molecule has 1 aromatic rings. The maximum absolute atomic E-state index is 11.7. The standard InChI is InChI=1S/C10H15N3O2/c1-6(2)10(14)13-4-3-7-8(5-13)15-12-9(7)11/h6H,3-5H2,1-2H3,(H2,11,12). The zero-order chi connectivity index (χ0) is 11.0. The molecular weight excluding hydrogens is 194 g/mol. The molecule has 0 aromatic carbocycles. The second kappa shape index (κ2) is 3.56. The first-order chi connectivity index (χ1) is 7.09. The largest absolute Gasteiger partial charge is 0.381 e. The lowest BCUT2D eigenvalue weighted by molar-refractivity contribution is -0.135. The molecule has 1 aliphatic heterocycles. The Balaban J connectivity index is 2.16. The molecule has 0 spiro atoms. The summed E-state index contributed by atoms with van der Waals surface area (Å²) in [6.45, 7) is 4.99. The first kappa shape index (κ1) is 10.0. The quantitative estimate of drug-likeness (QED) is 0.742. The van der Waals surface area contributed by atoms with Crippen LogP contribution in [0, 0.1) is 5.92 Å². The van der Waals surface area contributed by atoms with Gasteiger partial charge in [-0.2, -0.15) is 0 Å². The predicted molar refractivity (Wildman–Crippen MR) is 54.9 cm³/mol. The molecule has 1 aromatic heterocycles. The molecule has 0 atom stereocenters. The van der Waals surface area contributed by atoms with E-state index in [1.54, 1.807) is 4.90 Å². The number of hydrogen-bond acceptors (Lipinski definition) is 4. The van der Waals surface area contributed by atoms with E-state index in [4.69, 9.17) is 10.3 Å². The van der Waals surface area contributed by atoms with Crippen molar-refractivity contribution in [1.82, 2.24) is 10.1 Å². The fraction of sp³-hybridized carbons (Fsp3) is 0.600. The molecule has 0 saturated heterocycles. The number of aromatic nitrogens is 1. The van der Waals surface area contributed by atoms with E-state index in [9.17, 15) is 4.79 Å². The highest BCUT2D eigenvalue weighted by atomic mass is 16.5. The van der Waals surface area contributed by atoms with Crippen LogP contribution in [0.3, 0.4) is 0 Å². The van der Waals surface area contributed by atoms with Crippen molar-refractivity contribution in [3.63, 3.8) is 0 Å². The van der Waals surface area contributed by atoms with Crippen LogP contribution in [0.2, 0.25) is 0 Å². The summed E-state index contributed by atoms with van der Waals surface area (Å²) < 4.78 is 5.08. The van der Waals surface area contributed by atoms with Crippen LogP contribution in [0.4, 0.5) is 5.82 Å². The van der Waals surface area contributed by atoms with Crippen LogP contribution in [0.1, 0.15) is 25.2 Å². The fourth-order valence-electron chi connectivity index (χ4n) is 1.80. The minimum absolute atomic E-state index is 0.0202. The first-order valence-corrected chi connectivity index (χ1v) is 5.11. The van der Waals surface area contributed by atoms with Crippen LogP contribution in [-0.4, -0.2) is 22.5 Å². The molecule has 0 aliphatic carbocycles. The van der Waals surface area contributed by atoms with E-state index < -0.39 is 0 Å². The van der Waals surface area contributed by atoms with Gasteiger partial charge in [-0.3, -0.25) is 4.79 Å². The second-order valence-corrected chi connectivity index (χ2v) is 4.13. The van der Waals surface area contributed by atoms with Crippen LogP contribution in [-0.2, 0) is 17.8 Å². The van der Waals surface area contributed by atoms with Crippen molar-refractivity contribution in [3.8, 4) is 0 Å². The number of carbonyl (C=O) groups excluding carboxylic acids is 1. The highest BCUT2D eigenvalue weighted by Crippen LogP contribution is 2.24. The lowest BCUT2D eigenvalue weighted by Crippen LogP contribution is -2.38. The number of rotatable bonds is 1. The van der Waals surface area contributed by atoms with Gasteiger partial charge in [0.05, 0.1) is 6.54 Å². The lowest BCUT2D eigenvalue weighted by atomic mass is 10.1. The number of fused-ring (bicyclic) bond motifs is 1. The molecule has 2 heterocycles. The van der Waals surface area contributed by atoms with Crippen molar-refractivity contribution in [2.45, 2.75) is 26.8 Å². The molecular formula is C10H15N3O2. The van der Waals surface area contributed by atoms with Crippen molar-refractivity contribution in [2.24, 2.45) is 5.92 Å². The molecule has 5 nitrogen and oxygen atoms in total. The Morgan fingerprint density at radius 1 is 1.60 bits per heavy atom. The SMILES string of the molecule is CC(C)C(=O)N1CCc2c(N)noc2C1. The van der Waals surface area contributed by atoms with E-state index in [0.717, 1.165) is 17.7 Å². The zero-order valence-electron chi connectivity index (χ0n) is 8.99. The number of nitrogens with zero attached hydrogens (tertiary/aromatic N) is 2. The molecule has 0 saturated carbocycles. The van der Waals surface area contributed by atoms with Gasteiger partial charge in [-0.1, -0.05) is 19.0 Å². The molecule has 0 fully saturated rings. The number of hydrogen-bond donors (Lipinski definition) is 1. The molecule has 1 aliphatic rings. The Morgan fingerprint density at radius 3 is 3.00 bits per heavy atom. The summed E-state index contributed by atoms with van der Waals surface area (Å²) in [6.07, 6.45) is 0.739. The van der Waals surface area contributed by atoms with Gasteiger partial charge in [-0.15, -0.1) is 0 Å². The minimum atomic E-state index is 0.0202. The Kier molecular flexibility index (Phi) is 2.38. The van der Waals surface area contributed by atoms with Crippen molar-refractivity contribution >= 4 is 11.7 Å². The summed E-state index contributed by atoms with van der Waals surface area (Å²) in [4.78, 5) is 13.5. The van der Waals surface area contributed by atoms with E-state index in [1.807, 2.05) is 13.8 Å². The highest BCUT2D eigenvalue weighted by Gasteiger charge is 2.26. The van der Waals surface area contributed by atoms with Crippen molar-refractivity contribution in [3.05, 3.63) is 11.3 Å². The van der Waals surface area contributed by atoms with Gasteiger partial charge >= 0.3 is 0 Å². The van der Waals surface area contributed by atoms with Gasteiger partial charge in [0, 0.05) is 18.0 Å². The zero-order valence-corrected chi connectivity index (χ0v) is 8.99. The van der Waals surface area contributed by atoms with E-state index in [-0.39, 0.29) is 11.8 Å². The fourth-order valence-corrected chi connectivity index (χ4v) is 1.80. The van der Waals surface area contributed by atoms with Crippen LogP contribution >= 0.6 is 0 Å². The van der Waals surface area contributed by atoms with Gasteiger partial charge in [0.2, 0.25) is 5.91 Å². The molecule has 0 unspecified atom stereocenters. The van der Waals surface area contributed by atoms with Crippen molar-refractivity contribution in [2.75, 3.05) is 12.3 Å². The maximum Gasteiger partial charge on any atom is 0.225 e. The van der Waals surface area contributed by atoms with Crippen LogP contribution in [0.5, 0.6) is 0 Å². The van der Waals surface area contributed by atoms with Crippen molar-refractivity contribution in [1.29, 1.82) is 0 Å². The monoisotopic (exact) mass is 209 g/mol. The van der Waals surface area contributed by atoms with E-state index >= 15 is 0 Å². The van der Waals surface area contributed by atoms with E-state index in [2.05, 4.69) is 5.16 Å². The van der Waals surface area contributed by atoms with Gasteiger partial charge in [0.25, 0.3) is 0 Å². The summed E-state index contributed by atoms with van der Waals surface area (Å²) in [5, 5.41) is 3.70. The number of nitrogens with two attached hydrogens (primary N) is 1. The number of carbonyl (C=O) groups is 1. The first-order valence-electron chi connectivity index (χ1n) is 5.11. The number of nitrogen functional groups attached to an aromatic ring is 1. The lowest BCUT2D eigenvalue weighted by Gasteiger charge is -2.27. The Hall–Kier alpha value is -1.52. The molecule has 2 N–H and O–H groups in total. The van der Waals surface area contributed by atoms with Crippen LogP contribution < -0.4 is 5.73 Å². The van der Waals surface area contributed by atoms with Gasteiger partial charge in [-0.25, -0.2) is 0 Å². The summed E-state index contributed by atoms with van der Waals surface area (Å²) in [5.41, 5.74) is 6.60. The molecule has 5 heteroatoms. The molecule has 0 bridgehead atoms. The van der Waals surface area contributed by atoms with Crippen LogP contribution in [0.25, 0.3) is 0 Å². The van der Waals surface area contributed by atoms with Gasteiger partial charge in [0.1, 0.15) is 0 Å². The summed E-state index contributed by atoms with van der Waals surface area (Å²) >= 11 is 0. The Bertz CT molecular complexity index is 384. The third-order valence-corrected chi connectivity index (χ3v) is 2.67. The average Bonchev–Trinajstić information content (AvgIpc) is 2.59. The molecule has 15 heavy (non-hydrogen) atoms. The minimum Gasteiger partial charge on any atom is -0.381 e. The molecule has 2 rings (SSSR count). The predicted octanol–water partition coefficient (Wildman–Crippen LogP) is 0.797. The molecule has 82 valence electrons. The normalized spacial score (nSPS) is 15.5. The Morgan fingerprint density at radius 2 is 2.33 bits per heavy atom.